The second kappa shape index (κ2) is 9.98. The second-order valence-corrected chi connectivity index (χ2v) is 8.76. The van der Waals surface area contributed by atoms with Crippen molar-refractivity contribution in [2.45, 2.75) is 58.6 Å². The third kappa shape index (κ3) is 7.56. The lowest BCUT2D eigenvalue weighted by molar-refractivity contribution is 0.0154. The highest BCUT2D eigenvalue weighted by Crippen LogP contribution is 2.37. The van der Waals surface area contributed by atoms with Gasteiger partial charge in [0.2, 0.25) is 0 Å². The van der Waals surface area contributed by atoms with Crippen molar-refractivity contribution in [3.8, 4) is 11.5 Å². The van der Waals surface area contributed by atoms with Gasteiger partial charge in [-0.1, -0.05) is 19.9 Å². The van der Waals surface area contributed by atoms with Gasteiger partial charge in [-0.3, -0.25) is 0 Å². The summed E-state index contributed by atoms with van der Waals surface area (Å²) in [5.41, 5.74) is 0.161. The van der Waals surface area contributed by atoms with Crippen molar-refractivity contribution in [2.75, 3.05) is 20.8 Å². The van der Waals surface area contributed by atoms with Crippen LogP contribution in [0, 0.1) is 11.3 Å². The van der Waals surface area contributed by atoms with Crippen LogP contribution in [-0.4, -0.2) is 53.9 Å². The predicted octanol–water partition coefficient (Wildman–Crippen LogP) is 3.07. The van der Waals surface area contributed by atoms with Gasteiger partial charge in [-0.05, 0) is 62.1 Å². The van der Waals surface area contributed by atoms with Crippen LogP contribution in [0.5, 0.6) is 11.5 Å². The molecule has 0 aliphatic heterocycles. The largest absolute Gasteiger partial charge is 0.493 e. The molecule has 4 N–H and O–H groups in total. The second-order valence-electron chi connectivity index (χ2n) is 8.76. The number of hydrogen-bond acceptors (Lipinski definition) is 5. The molecule has 28 heavy (non-hydrogen) atoms. The first kappa shape index (κ1) is 24.0. The van der Waals surface area contributed by atoms with E-state index in [9.17, 15) is 15.0 Å². The number of hydrogen-bond donors (Lipinski definition) is 4. The number of carboxylic acid groups (broad SMARTS) is 1. The molecule has 2 atom stereocenters. The summed E-state index contributed by atoms with van der Waals surface area (Å²) in [7, 11) is 3.19. The minimum Gasteiger partial charge on any atom is -0.493 e. The quantitative estimate of drug-likeness (QED) is 0.457. The Bertz CT molecular complexity index is 644. The molecule has 1 aromatic rings. The van der Waals surface area contributed by atoms with Crippen LogP contribution in [0.4, 0.5) is 4.79 Å². The Morgan fingerprint density at radius 1 is 1.11 bits per heavy atom. The summed E-state index contributed by atoms with van der Waals surface area (Å²) in [5, 5.41) is 31.3. The molecule has 0 heterocycles. The first-order valence-corrected chi connectivity index (χ1v) is 9.44. The zero-order valence-electron chi connectivity index (χ0n) is 17.8. The third-order valence-electron chi connectivity index (χ3n) is 4.89. The Kier molecular flexibility index (Phi) is 8.57. The molecular formula is C21H35NO6. The molecule has 0 saturated heterocycles. The first-order chi connectivity index (χ1) is 12.9. The Hall–Kier alpha value is -1.99. The monoisotopic (exact) mass is 397 g/mol. The molecule has 0 saturated carbocycles. The predicted molar refractivity (Wildman–Crippen MR) is 108 cm³/mol. The van der Waals surface area contributed by atoms with Crippen molar-refractivity contribution >= 4 is 6.09 Å². The molecule has 0 aliphatic rings. The Balaban J connectivity index is 2.95. The maximum Gasteiger partial charge on any atom is 0.405 e. The molecule has 0 radical (unpaired) electrons. The summed E-state index contributed by atoms with van der Waals surface area (Å²) >= 11 is 0. The van der Waals surface area contributed by atoms with Crippen LogP contribution in [0.2, 0.25) is 0 Å². The van der Waals surface area contributed by atoms with Gasteiger partial charge >= 0.3 is 6.09 Å². The number of ether oxygens (including phenoxy) is 2. The summed E-state index contributed by atoms with van der Waals surface area (Å²) in [6, 6.07) is 5.79. The number of amides is 1. The molecule has 1 aromatic carbocycles. The minimum absolute atomic E-state index is 0.195. The van der Waals surface area contributed by atoms with Gasteiger partial charge < -0.3 is 30.1 Å². The van der Waals surface area contributed by atoms with E-state index in [2.05, 4.69) is 19.2 Å². The fourth-order valence-electron chi connectivity index (χ4n) is 3.81. The van der Waals surface area contributed by atoms with Gasteiger partial charge in [-0.2, -0.15) is 0 Å². The molecule has 0 aliphatic carbocycles. The average molecular weight is 398 g/mol. The molecule has 7 nitrogen and oxygen atoms in total. The zero-order chi connectivity index (χ0) is 21.5. The molecule has 0 aromatic heterocycles. The number of carbonyl (C=O) groups is 1. The van der Waals surface area contributed by atoms with Gasteiger partial charge in [0, 0.05) is 5.54 Å². The molecule has 7 heteroatoms. The van der Waals surface area contributed by atoms with E-state index in [0.29, 0.717) is 24.3 Å². The molecule has 1 amide bonds. The van der Waals surface area contributed by atoms with E-state index in [1.807, 2.05) is 18.2 Å². The highest BCUT2D eigenvalue weighted by atomic mass is 16.5. The van der Waals surface area contributed by atoms with Gasteiger partial charge in [0.05, 0.1) is 26.9 Å². The standard InChI is InChI=1S/C21H35NO6/c1-20(2,10-14-7-8-17(27-5)18(9-14)28-6)11-15(16(24)13-23)12-21(3,4)22-19(25)26/h7-9,15-16,22-24H,10-13H2,1-6H3,(H,25,26)/t15-,16+/m0/s1. The zero-order valence-corrected chi connectivity index (χ0v) is 17.8. The maximum atomic E-state index is 11.0. The lowest BCUT2D eigenvalue weighted by atomic mass is 9.73. The fraction of sp³-hybridized carbons (Fsp3) is 0.667. The van der Waals surface area contributed by atoms with E-state index >= 15 is 0 Å². The molecule has 0 bridgehead atoms. The van der Waals surface area contributed by atoms with Crippen LogP contribution in [-0.2, 0) is 6.42 Å². The molecular weight excluding hydrogens is 362 g/mol. The minimum atomic E-state index is -1.10. The maximum absolute atomic E-state index is 11.0. The lowest BCUT2D eigenvalue weighted by Crippen LogP contribution is -2.46. The van der Waals surface area contributed by atoms with Crippen LogP contribution in [0.1, 0.15) is 46.1 Å². The van der Waals surface area contributed by atoms with E-state index in [-0.39, 0.29) is 17.9 Å². The first-order valence-electron chi connectivity index (χ1n) is 9.44. The third-order valence-corrected chi connectivity index (χ3v) is 4.89. The van der Waals surface area contributed by atoms with Crippen molar-refractivity contribution in [1.29, 1.82) is 0 Å². The van der Waals surface area contributed by atoms with E-state index < -0.39 is 17.7 Å². The van der Waals surface area contributed by atoms with Crippen molar-refractivity contribution in [3.05, 3.63) is 23.8 Å². The van der Waals surface area contributed by atoms with Gasteiger partial charge in [0.25, 0.3) is 0 Å². The smallest absolute Gasteiger partial charge is 0.405 e. The molecule has 160 valence electrons. The number of rotatable bonds is 11. The van der Waals surface area contributed by atoms with Crippen molar-refractivity contribution in [2.24, 2.45) is 11.3 Å². The SMILES string of the molecule is COc1ccc(CC(C)(C)C[C@@H](CC(C)(C)NC(=O)O)[C@H](O)CO)cc1OC. The highest BCUT2D eigenvalue weighted by molar-refractivity contribution is 5.65. The van der Waals surface area contributed by atoms with E-state index in [0.717, 1.165) is 12.0 Å². The van der Waals surface area contributed by atoms with E-state index in [1.165, 1.54) is 0 Å². The van der Waals surface area contributed by atoms with Crippen LogP contribution in [0.15, 0.2) is 18.2 Å². The number of aliphatic hydroxyl groups is 2. The summed E-state index contributed by atoms with van der Waals surface area (Å²) in [6.45, 7) is 7.39. The summed E-state index contributed by atoms with van der Waals surface area (Å²) < 4.78 is 10.6. The van der Waals surface area contributed by atoms with Gasteiger partial charge in [-0.15, -0.1) is 0 Å². The van der Waals surface area contributed by atoms with Gasteiger partial charge in [0.15, 0.2) is 11.5 Å². The van der Waals surface area contributed by atoms with Gasteiger partial charge in [-0.25, -0.2) is 4.79 Å². The Labute approximate surface area is 167 Å². The Morgan fingerprint density at radius 3 is 2.21 bits per heavy atom. The van der Waals surface area contributed by atoms with Crippen molar-refractivity contribution in [3.63, 3.8) is 0 Å². The summed E-state index contributed by atoms with van der Waals surface area (Å²) in [5.74, 6) is 1.07. The van der Waals surface area contributed by atoms with E-state index in [4.69, 9.17) is 14.6 Å². The normalized spacial score (nSPS) is 14.3. The number of aliphatic hydroxyl groups excluding tert-OH is 2. The van der Waals surface area contributed by atoms with Crippen LogP contribution < -0.4 is 14.8 Å². The summed E-state index contributed by atoms with van der Waals surface area (Å²) in [4.78, 5) is 11.0. The van der Waals surface area contributed by atoms with Crippen molar-refractivity contribution in [1.82, 2.24) is 5.32 Å². The molecule has 0 fully saturated rings. The van der Waals surface area contributed by atoms with Crippen molar-refractivity contribution < 1.29 is 29.6 Å². The molecule has 1 rings (SSSR count). The fourth-order valence-corrected chi connectivity index (χ4v) is 3.81. The van der Waals surface area contributed by atoms with Crippen LogP contribution in [0.3, 0.4) is 0 Å². The topological polar surface area (TPSA) is 108 Å². The van der Waals surface area contributed by atoms with Crippen LogP contribution in [0.25, 0.3) is 0 Å². The number of nitrogens with one attached hydrogen (secondary N) is 1. The van der Waals surface area contributed by atoms with Gasteiger partial charge in [0.1, 0.15) is 0 Å². The van der Waals surface area contributed by atoms with Crippen LogP contribution >= 0.6 is 0 Å². The summed E-state index contributed by atoms with van der Waals surface area (Å²) in [6.07, 6.45) is -0.259. The highest BCUT2D eigenvalue weighted by Gasteiger charge is 2.33. The number of methoxy groups -OCH3 is 2. The number of benzene rings is 1. The molecule has 0 spiro atoms. The average Bonchev–Trinajstić information content (AvgIpc) is 2.58. The Morgan fingerprint density at radius 2 is 1.71 bits per heavy atom. The van der Waals surface area contributed by atoms with E-state index in [1.54, 1.807) is 28.1 Å². The molecule has 0 unspecified atom stereocenters. The lowest BCUT2D eigenvalue weighted by Gasteiger charge is -2.36.